The van der Waals surface area contributed by atoms with Gasteiger partial charge in [0.25, 0.3) is 5.91 Å². The molecular formula is C24H16ClN3O3. The number of anilines is 2. The first-order valence-corrected chi connectivity index (χ1v) is 10.1. The van der Waals surface area contributed by atoms with Crippen LogP contribution in [-0.2, 0) is 9.59 Å². The molecule has 2 aliphatic heterocycles. The zero-order valence-corrected chi connectivity index (χ0v) is 16.9. The highest BCUT2D eigenvalue weighted by atomic mass is 35.5. The lowest BCUT2D eigenvalue weighted by Gasteiger charge is -2.22. The largest absolute Gasteiger partial charge is 0.287 e. The molecule has 3 aromatic carbocycles. The first kappa shape index (κ1) is 19.2. The number of ketones is 1. The van der Waals surface area contributed by atoms with E-state index in [0.717, 1.165) is 4.90 Å². The number of Topliss-reactive ketones (excluding diaryl/α,β-unsaturated/α-hetero) is 1. The van der Waals surface area contributed by atoms with Gasteiger partial charge in [-0.2, -0.15) is 5.10 Å². The number of carbonyl (C=O) groups excluding carboxylic acids is 3. The van der Waals surface area contributed by atoms with Crippen LogP contribution in [0.2, 0.25) is 5.02 Å². The maximum Gasteiger partial charge on any atom is 0.259 e. The number of carbonyl (C=O) groups is 3. The fraction of sp³-hybridized carbons (Fsp3) is 0.0833. The molecule has 0 saturated carbocycles. The molecule has 0 aliphatic carbocycles. The van der Waals surface area contributed by atoms with Crippen molar-refractivity contribution in [2.45, 2.75) is 6.04 Å². The predicted molar refractivity (Wildman–Crippen MR) is 118 cm³/mol. The highest BCUT2D eigenvalue weighted by molar-refractivity contribution is 6.53. The van der Waals surface area contributed by atoms with Gasteiger partial charge in [-0.25, -0.2) is 4.90 Å². The summed E-state index contributed by atoms with van der Waals surface area (Å²) in [6.07, 6.45) is 0. The van der Waals surface area contributed by atoms with E-state index in [9.17, 15) is 14.4 Å². The van der Waals surface area contributed by atoms with Crippen molar-refractivity contribution in [2.24, 2.45) is 11.0 Å². The summed E-state index contributed by atoms with van der Waals surface area (Å²) in [5.41, 5.74) is 1.52. The van der Waals surface area contributed by atoms with Gasteiger partial charge in [0.05, 0.1) is 11.4 Å². The van der Waals surface area contributed by atoms with Crippen LogP contribution in [-0.4, -0.2) is 29.4 Å². The Balaban J connectivity index is 1.61. The summed E-state index contributed by atoms with van der Waals surface area (Å²) in [5.74, 6) is -2.26. The van der Waals surface area contributed by atoms with E-state index in [1.807, 2.05) is 18.2 Å². The summed E-state index contributed by atoms with van der Waals surface area (Å²) in [5, 5.41) is 6.45. The summed E-state index contributed by atoms with van der Waals surface area (Å²) in [6, 6.07) is 23.2. The summed E-state index contributed by atoms with van der Waals surface area (Å²) in [4.78, 5) is 41.2. The van der Waals surface area contributed by atoms with Crippen LogP contribution in [0.5, 0.6) is 0 Å². The van der Waals surface area contributed by atoms with E-state index >= 15 is 0 Å². The van der Waals surface area contributed by atoms with Crippen molar-refractivity contribution < 1.29 is 14.4 Å². The van der Waals surface area contributed by atoms with Gasteiger partial charge in [-0.3, -0.25) is 19.4 Å². The molecule has 0 N–H and O–H groups in total. The molecule has 0 spiro atoms. The SMILES string of the molecule is O=C(C1=NN(c2ccccc2)[C@@H]2C(=O)N(c3ccc(Cl)cc3)C(=O)[C@@H]12)c1ccccc1. The lowest BCUT2D eigenvalue weighted by molar-refractivity contribution is -0.121. The average molecular weight is 430 g/mol. The second-order valence-electron chi connectivity index (χ2n) is 7.27. The van der Waals surface area contributed by atoms with E-state index in [0.29, 0.717) is 22.0 Å². The number of halogens is 1. The molecule has 7 heteroatoms. The fourth-order valence-electron chi connectivity index (χ4n) is 3.98. The summed E-state index contributed by atoms with van der Waals surface area (Å²) in [7, 11) is 0. The Bertz CT molecular complexity index is 1210. The van der Waals surface area contributed by atoms with Crippen LogP contribution in [0, 0.1) is 5.92 Å². The van der Waals surface area contributed by atoms with Gasteiger partial charge < -0.3 is 0 Å². The minimum atomic E-state index is -0.990. The topological polar surface area (TPSA) is 70.1 Å². The normalized spacial score (nSPS) is 20.1. The number of imide groups is 1. The number of para-hydroxylation sites is 1. The Morgan fingerprint density at radius 3 is 2.03 bits per heavy atom. The Kier molecular flexibility index (Phi) is 4.64. The number of fused-ring (bicyclic) bond motifs is 1. The standard InChI is InChI=1S/C24H16ClN3O3/c25-16-11-13-17(14-12-16)27-23(30)19-20(22(29)15-7-3-1-4-8-15)26-28(21(19)24(27)31)18-9-5-2-6-10-18/h1-14,19,21H/t19-,21-/m0/s1. The van der Waals surface area contributed by atoms with Crippen molar-refractivity contribution in [3.8, 4) is 0 Å². The molecule has 2 aliphatic rings. The number of hydrazone groups is 1. The maximum absolute atomic E-state index is 13.4. The van der Waals surface area contributed by atoms with Crippen molar-refractivity contribution in [3.63, 3.8) is 0 Å². The molecule has 1 saturated heterocycles. The van der Waals surface area contributed by atoms with E-state index in [1.165, 1.54) is 5.01 Å². The molecule has 0 unspecified atom stereocenters. The van der Waals surface area contributed by atoms with Crippen LogP contribution < -0.4 is 9.91 Å². The van der Waals surface area contributed by atoms with Crippen molar-refractivity contribution in [2.75, 3.05) is 9.91 Å². The van der Waals surface area contributed by atoms with Crippen molar-refractivity contribution in [1.82, 2.24) is 0 Å². The van der Waals surface area contributed by atoms with Gasteiger partial charge in [-0.15, -0.1) is 0 Å². The summed E-state index contributed by atoms with van der Waals surface area (Å²) < 4.78 is 0. The van der Waals surface area contributed by atoms with Gasteiger partial charge in [0.1, 0.15) is 17.7 Å². The number of nitrogens with zero attached hydrogens (tertiary/aromatic N) is 3. The van der Waals surface area contributed by atoms with Crippen LogP contribution in [0.1, 0.15) is 10.4 Å². The third kappa shape index (κ3) is 3.12. The number of rotatable bonds is 4. The Hall–Kier alpha value is -3.77. The van der Waals surface area contributed by atoms with Crippen LogP contribution >= 0.6 is 11.6 Å². The summed E-state index contributed by atoms with van der Waals surface area (Å²) >= 11 is 5.96. The fourth-order valence-corrected chi connectivity index (χ4v) is 4.10. The Morgan fingerprint density at radius 2 is 1.39 bits per heavy atom. The number of hydrogen-bond acceptors (Lipinski definition) is 5. The maximum atomic E-state index is 13.4. The van der Waals surface area contributed by atoms with Crippen molar-refractivity contribution in [3.05, 3.63) is 95.5 Å². The van der Waals surface area contributed by atoms with Gasteiger partial charge in [0, 0.05) is 10.6 Å². The summed E-state index contributed by atoms with van der Waals surface area (Å²) in [6.45, 7) is 0. The van der Waals surface area contributed by atoms with E-state index in [4.69, 9.17) is 11.6 Å². The number of benzene rings is 3. The molecular weight excluding hydrogens is 414 g/mol. The molecule has 2 atom stereocenters. The molecule has 0 aromatic heterocycles. The molecule has 1 fully saturated rings. The molecule has 3 aromatic rings. The Labute approximate surface area is 183 Å². The van der Waals surface area contributed by atoms with Gasteiger partial charge in [-0.1, -0.05) is 60.1 Å². The predicted octanol–water partition coefficient (Wildman–Crippen LogP) is 3.96. The molecule has 5 rings (SSSR count). The zero-order chi connectivity index (χ0) is 21.5. The lowest BCUT2D eigenvalue weighted by Crippen LogP contribution is -2.39. The number of hydrogen-bond donors (Lipinski definition) is 0. The third-order valence-corrected chi connectivity index (χ3v) is 5.68. The molecule has 2 amide bonds. The van der Waals surface area contributed by atoms with Gasteiger partial charge in [-0.05, 0) is 36.4 Å². The van der Waals surface area contributed by atoms with E-state index in [-0.39, 0.29) is 11.5 Å². The Morgan fingerprint density at radius 1 is 0.774 bits per heavy atom. The van der Waals surface area contributed by atoms with Gasteiger partial charge in [0.15, 0.2) is 0 Å². The first-order chi connectivity index (χ1) is 15.1. The van der Waals surface area contributed by atoms with E-state index in [2.05, 4.69) is 5.10 Å². The number of amides is 2. The van der Waals surface area contributed by atoms with Crippen LogP contribution in [0.3, 0.4) is 0 Å². The van der Waals surface area contributed by atoms with E-state index in [1.54, 1.807) is 66.7 Å². The first-order valence-electron chi connectivity index (χ1n) is 9.72. The smallest absolute Gasteiger partial charge is 0.259 e. The minimum absolute atomic E-state index is 0.0647. The van der Waals surface area contributed by atoms with Gasteiger partial charge >= 0.3 is 0 Å². The second kappa shape index (κ2) is 7.49. The van der Waals surface area contributed by atoms with Crippen LogP contribution in [0.15, 0.2) is 90.0 Å². The minimum Gasteiger partial charge on any atom is -0.287 e. The van der Waals surface area contributed by atoms with Crippen molar-refractivity contribution in [1.29, 1.82) is 0 Å². The second-order valence-corrected chi connectivity index (χ2v) is 7.71. The monoisotopic (exact) mass is 429 g/mol. The zero-order valence-electron chi connectivity index (χ0n) is 16.2. The van der Waals surface area contributed by atoms with Crippen LogP contribution in [0.4, 0.5) is 11.4 Å². The van der Waals surface area contributed by atoms with Gasteiger partial charge in [0.2, 0.25) is 11.7 Å². The molecule has 2 heterocycles. The third-order valence-electron chi connectivity index (χ3n) is 5.42. The van der Waals surface area contributed by atoms with Crippen molar-refractivity contribution >= 4 is 46.3 Å². The molecule has 31 heavy (non-hydrogen) atoms. The quantitative estimate of drug-likeness (QED) is 0.465. The molecule has 6 nitrogen and oxygen atoms in total. The molecule has 0 radical (unpaired) electrons. The molecule has 0 bridgehead atoms. The lowest BCUT2D eigenvalue weighted by atomic mass is 9.92. The van der Waals surface area contributed by atoms with Crippen LogP contribution in [0.25, 0.3) is 0 Å². The average Bonchev–Trinajstić information content (AvgIpc) is 3.32. The van der Waals surface area contributed by atoms with E-state index < -0.39 is 23.8 Å². The highest BCUT2D eigenvalue weighted by Gasteiger charge is 2.58. The highest BCUT2D eigenvalue weighted by Crippen LogP contribution is 2.38. The molecule has 152 valence electrons.